The van der Waals surface area contributed by atoms with Crippen LogP contribution in [0.2, 0.25) is 0 Å². The fraction of sp³-hybridized carbons (Fsp3) is 0.429. The molecule has 1 aromatic heterocycles. The molecule has 0 bridgehead atoms. The number of aromatic nitrogens is 2. The summed E-state index contributed by atoms with van der Waals surface area (Å²) in [5, 5.41) is 3.06. The number of hydrogen-bond acceptors (Lipinski definition) is 3. The van der Waals surface area contributed by atoms with Crippen molar-refractivity contribution in [1.29, 1.82) is 0 Å². The van der Waals surface area contributed by atoms with Gasteiger partial charge in [-0.1, -0.05) is 12.1 Å². The number of carbonyl (C=O) groups excluding carboxylic acids is 1. The van der Waals surface area contributed by atoms with Crippen molar-refractivity contribution in [1.82, 2.24) is 14.5 Å². The Morgan fingerprint density at radius 1 is 1.32 bits per heavy atom. The SMILES string of the molecule is CNc1nc2ccccc2n1CC(=O)N1CCCC1. The summed E-state index contributed by atoms with van der Waals surface area (Å²) < 4.78 is 1.95. The Morgan fingerprint density at radius 2 is 2.05 bits per heavy atom. The summed E-state index contributed by atoms with van der Waals surface area (Å²) in [6, 6.07) is 7.90. The quantitative estimate of drug-likeness (QED) is 0.911. The zero-order valence-electron chi connectivity index (χ0n) is 11.1. The van der Waals surface area contributed by atoms with Crippen molar-refractivity contribution < 1.29 is 4.79 Å². The van der Waals surface area contributed by atoms with E-state index in [1.807, 2.05) is 40.8 Å². The molecule has 5 heteroatoms. The molecule has 2 aromatic rings. The van der Waals surface area contributed by atoms with Crippen LogP contribution in [0.5, 0.6) is 0 Å². The van der Waals surface area contributed by atoms with Gasteiger partial charge in [-0.2, -0.15) is 0 Å². The van der Waals surface area contributed by atoms with Gasteiger partial charge in [0.05, 0.1) is 11.0 Å². The number of nitrogens with one attached hydrogen (secondary N) is 1. The average molecular weight is 258 g/mol. The number of rotatable bonds is 3. The van der Waals surface area contributed by atoms with Crippen LogP contribution >= 0.6 is 0 Å². The molecule has 1 fully saturated rings. The number of carbonyl (C=O) groups is 1. The van der Waals surface area contributed by atoms with Gasteiger partial charge in [-0.3, -0.25) is 4.79 Å². The van der Waals surface area contributed by atoms with Gasteiger partial charge >= 0.3 is 0 Å². The van der Waals surface area contributed by atoms with Gasteiger partial charge in [0.2, 0.25) is 11.9 Å². The number of amides is 1. The van der Waals surface area contributed by atoms with Gasteiger partial charge in [-0.15, -0.1) is 0 Å². The zero-order valence-corrected chi connectivity index (χ0v) is 11.1. The molecular weight excluding hydrogens is 240 g/mol. The van der Waals surface area contributed by atoms with Crippen molar-refractivity contribution >= 4 is 22.9 Å². The Balaban J connectivity index is 1.92. The highest BCUT2D eigenvalue weighted by molar-refractivity contribution is 5.83. The second-order valence-electron chi connectivity index (χ2n) is 4.85. The van der Waals surface area contributed by atoms with E-state index in [1.54, 1.807) is 0 Å². The minimum absolute atomic E-state index is 0.178. The third-order valence-electron chi connectivity index (χ3n) is 3.63. The Kier molecular flexibility index (Phi) is 3.11. The highest BCUT2D eigenvalue weighted by atomic mass is 16.2. The van der Waals surface area contributed by atoms with Crippen molar-refractivity contribution in [2.75, 3.05) is 25.5 Å². The molecule has 0 aliphatic carbocycles. The Labute approximate surface area is 112 Å². The molecule has 3 rings (SSSR count). The molecule has 2 heterocycles. The van der Waals surface area contributed by atoms with E-state index in [0.29, 0.717) is 6.54 Å². The number of nitrogens with zero attached hydrogens (tertiary/aromatic N) is 3. The number of para-hydroxylation sites is 2. The average Bonchev–Trinajstić information content (AvgIpc) is 3.06. The predicted molar refractivity (Wildman–Crippen MR) is 75.1 cm³/mol. The lowest BCUT2D eigenvalue weighted by atomic mass is 10.3. The molecular formula is C14H18N4O. The molecule has 0 saturated carbocycles. The van der Waals surface area contributed by atoms with Crippen LogP contribution in [-0.4, -0.2) is 40.5 Å². The summed E-state index contributed by atoms with van der Waals surface area (Å²) >= 11 is 0. The molecule has 1 aliphatic heterocycles. The monoisotopic (exact) mass is 258 g/mol. The number of benzene rings is 1. The van der Waals surface area contributed by atoms with Crippen LogP contribution in [0.25, 0.3) is 11.0 Å². The highest BCUT2D eigenvalue weighted by Crippen LogP contribution is 2.20. The van der Waals surface area contributed by atoms with E-state index in [-0.39, 0.29) is 5.91 Å². The first-order valence-corrected chi connectivity index (χ1v) is 6.70. The minimum atomic E-state index is 0.178. The van der Waals surface area contributed by atoms with Crippen LogP contribution in [0.15, 0.2) is 24.3 Å². The molecule has 19 heavy (non-hydrogen) atoms. The summed E-state index contributed by atoms with van der Waals surface area (Å²) in [4.78, 5) is 18.7. The summed E-state index contributed by atoms with van der Waals surface area (Å²) in [7, 11) is 1.83. The van der Waals surface area contributed by atoms with Crippen LogP contribution in [0, 0.1) is 0 Å². The van der Waals surface area contributed by atoms with Gasteiger partial charge in [0.1, 0.15) is 6.54 Å². The van der Waals surface area contributed by atoms with Gasteiger partial charge < -0.3 is 14.8 Å². The molecule has 0 spiro atoms. The van der Waals surface area contributed by atoms with E-state index in [2.05, 4.69) is 10.3 Å². The van der Waals surface area contributed by atoms with Gasteiger partial charge in [0.15, 0.2) is 0 Å². The van der Waals surface area contributed by atoms with E-state index in [4.69, 9.17) is 0 Å². The lowest BCUT2D eigenvalue weighted by Gasteiger charge is -2.16. The van der Waals surface area contributed by atoms with Gasteiger partial charge in [-0.25, -0.2) is 4.98 Å². The van der Waals surface area contributed by atoms with E-state index < -0.39 is 0 Å². The molecule has 0 atom stereocenters. The summed E-state index contributed by atoms with van der Waals surface area (Å²) in [5.74, 6) is 0.922. The maximum Gasteiger partial charge on any atom is 0.242 e. The lowest BCUT2D eigenvalue weighted by Crippen LogP contribution is -2.31. The van der Waals surface area contributed by atoms with Crippen LogP contribution in [-0.2, 0) is 11.3 Å². The van der Waals surface area contributed by atoms with Crippen LogP contribution in [0.3, 0.4) is 0 Å². The number of fused-ring (bicyclic) bond motifs is 1. The normalized spacial score (nSPS) is 15.1. The lowest BCUT2D eigenvalue weighted by molar-refractivity contribution is -0.130. The molecule has 1 saturated heterocycles. The van der Waals surface area contributed by atoms with Crippen molar-refractivity contribution in [2.45, 2.75) is 19.4 Å². The Hall–Kier alpha value is -2.04. The Morgan fingerprint density at radius 3 is 2.79 bits per heavy atom. The second kappa shape index (κ2) is 4.91. The van der Waals surface area contributed by atoms with Gasteiger partial charge in [0, 0.05) is 20.1 Å². The maximum absolute atomic E-state index is 12.3. The van der Waals surface area contributed by atoms with Crippen LogP contribution < -0.4 is 5.32 Å². The first kappa shape index (κ1) is 12.0. The molecule has 100 valence electrons. The predicted octanol–water partition coefficient (Wildman–Crippen LogP) is 1.70. The minimum Gasteiger partial charge on any atom is -0.359 e. The fourth-order valence-corrected chi connectivity index (χ4v) is 2.63. The smallest absolute Gasteiger partial charge is 0.242 e. The van der Waals surface area contributed by atoms with E-state index in [0.717, 1.165) is 42.9 Å². The van der Waals surface area contributed by atoms with Crippen LogP contribution in [0.1, 0.15) is 12.8 Å². The molecule has 1 aromatic carbocycles. The van der Waals surface area contributed by atoms with Crippen LogP contribution in [0.4, 0.5) is 5.95 Å². The molecule has 0 radical (unpaired) electrons. The first-order valence-electron chi connectivity index (χ1n) is 6.70. The zero-order chi connectivity index (χ0) is 13.2. The second-order valence-corrected chi connectivity index (χ2v) is 4.85. The molecule has 0 unspecified atom stereocenters. The first-order chi connectivity index (χ1) is 9.29. The van der Waals surface area contributed by atoms with Crippen molar-refractivity contribution in [3.05, 3.63) is 24.3 Å². The van der Waals surface area contributed by atoms with E-state index in [9.17, 15) is 4.79 Å². The number of hydrogen-bond donors (Lipinski definition) is 1. The Bertz CT molecular complexity index is 599. The van der Waals surface area contributed by atoms with E-state index in [1.165, 1.54) is 0 Å². The summed E-state index contributed by atoms with van der Waals surface area (Å²) in [6.07, 6.45) is 2.24. The topological polar surface area (TPSA) is 50.2 Å². The van der Waals surface area contributed by atoms with Crippen molar-refractivity contribution in [3.63, 3.8) is 0 Å². The van der Waals surface area contributed by atoms with Crippen molar-refractivity contribution in [3.8, 4) is 0 Å². The standard InChI is InChI=1S/C14H18N4O/c1-15-14-16-11-6-2-3-7-12(11)18(14)10-13(19)17-8-4-5-9-17/h2-3,6-7H,4-5,8-10H2,1H3,(H,15,16). The fourth-order valence-electron chi connectivity index (χ4n) is 2.63. The van der Waals surface area contributed by atoms with Gasteiger partial charge in [0.25, 0.3) is 0 Å². The number of likely N-dealkylation sites (tertiary alicyclic amines) is 1. The largest absolute Gasteiger partial charge is 0.359 e. The third-order valence-corrected chi connectivity index (χ3v) is 3.63. The third kappa shape index (κ3) is 2.16. The summed E-state index contributed by atoms with van der Waals surface area (Å²) in [5.41, 5.74) is 1.92. The highest BCUT2D eigenvalue weighted by Gasteiger charge is 2.20. The van der Waals surface area contributed by atoms with Gasteiger partial charge in [-0.05, 0) is 25.0 Å². The molecule has 1 amide bonds. The van der Waals surface area contributed by atoms with E-state index >= 15 is 0 Å². The summed E-state index contributed by atoms with van der Waals surface area (Å²) in [6.45, 7) is 2.14. The number of anilines is 1. The van der Waals surface area contributed by atoms with Crippen molar-refractivity contribution in [2.24, 2.45) is 0 Å². The molecule has 1 N–H and O–H groups in total. The molecule has 5 nitrogen and oxygen atoms in total. The molecule has 1 aliphatic rings. The maximum atomic E-state index is 12.3. The number of imidazole rings is 1.